The van der Waals surface area contributed by atoms with Gasteiger partial charge in [-0.3, -0.25) is 4.79 Å². The molecular weight excluding hydrogens is 258 g/mol. The largest absolute Gasteiger partial charge is 0.481 e. The zero-order chi connectivity index (χ0) is 12.6. The van der Waals surface area contributed by atoms with Crippen molar-refractivity contribution < 1.29 is 9.90 Å². The van der Waals surface area contributed by atoms with E-state index in [1.165, 1.54) is 0 Å². The van der Waals surface area contributed by atoms with Crippen molar-refractivity contribution in [3.8, 4) is 0 Å². The lowest BCUT2D eigenvalue weighted by Gasteiger charge is -2.38. The van der Waals surface area contributed by atoms with E-state index in [4.69, 9.17) is 16.7 Å². The Morgan fingerprint density at radius 1 is 1.59 bits per heavy atom. The topological polar surface area (TPSA) is 40.5 Å². The number of aliphatic carboxylic acids is 1. The molecule has 2 unspecified atom stereocenters. The maximum absolute atomic E-state index is 10.8. The first-order valence-corrected chi connectivity index (χ1v) is 6.65. The highest BCUT2D eigenvalue weighted by atomic mass is 35.5. The zero-order valence-corrected chi connectivity index (χ0v) is 11.3. The lowest BCUT2D eigenvalue weighted by Crippen LogP contribution is -2.41. The molecule has 1 aliphatic heterocycles. The normalized spacial score (nSPS) is 23.4. The number of carbonyl (C=O) groups is 1. The van der Waals surface area contributed by atoms with Crippen LogP contribution in [0.5, 0.6) is 0 Å². The van der Waals surface area contributed by atoms with E-state index in [1.54, 1.807) is 11.8 Å². The second kappa shape index (κ2) is 4.78. The monoisotopic (exact) mass is 271 g/mol. The number of carboxylic acid groups (broad SMARTS) is 1. The van der Waals surface area contributed by atoms with E-state index in [2.05, 4.69) is 11.8 Å². The lowest BCUT2D eigenvalue weighted by molar-refractivity contribution is -0.137. The molecule has 0 radical (unpaired) electrons. The van der Waals surface area contributed by atoms with Gasteiger partial charge < -0.3 is 10.0 Å². The maximum atomic E-state index is 10.8. The predicted octanol–water partition coefficient (Wildman–Crippen LogP) is 3.11. The standard InChI is InChI=1S/C12H14ClNO2S/c1-7-10(6-12(15)16)17-11-5-8(13)3-4-9(11)14(7)2/h3-5,7,10H,6H2,1-2H3,(H,15,16). The number of nitrogens with zero attached hydrogens (tertiary/aromatic N) is 1. The van der Waals surface area contributed by atoms with Crippen molar-refractivity contribution in [3.63, 3.8) is 0 Å². The number of hydrogen-bond donors (Lipinski definition) is 1. The molecule has 1 aromatic carbocycles. The van der Waals surface area contributed by atoms with Crippen LogP contribution >= 0.6 is 23.4 Å². The Labute approximate surface area is 110 Å². The van der Waals surface area contributed by atoms with Gasteiger partial charge in [0.1, 0.15) is 0 Å². The molecular formula is C12H14ClNO2S. The summed E-state index contributed by atoms with van der Waals surface area (Å²) in [5, 5.41) is 9.66. The van der Waals surface area contributed by atoms with Crippen LogP contribution in [0.2, 0.25) is 5.02 Å². The molecule has 0 amide bonds. The second-order valence-electron chi connectivity index (χ2n) is 4.22. The van der Waals surface area contributed by atoms with E-state index in [-0.39, 0.29) is 17.7 Å². The van der Waals surface area contributed by atoms with Gasteiger partial charge in [0, 0.05) is 28.3 Å². The molecule has 0 fully saturated rings. The fraction of sp³-hybridized carbons (Fsp3) is 0.417. The van der Waals surface area contributed by atoms with E-state index in [0.29, 0.717) is 5.02 Å². The number of fused-ring (bicyclic) bond motifs is 1. The molecule has 0 spiro atoms. The molecule has 0 aromatic heterocycles. The summed E-state index contributed by atoms with van der Waals surface area (Å²) in [5.41, 5.74) is 1.12. The van der Waals surface area contributed by atoms with Crippen LogP contribution < -0.4 is 4.90 Å². The third-order valence-electron chi connectivity index (χ3n) is 3.10. The summed E-state index contributed by atoms with van der Waals surface area (Å²) in [6.45, 7) is 2.05. The molecule has 5 heteroatoms. The molecule has 3 nitrogen and oxygen atoms in total. The van der Waals surface area contributed by atoms with Gasteiger partial charge in [0.2, 0.25) is 0 Å². The number of halogens is 1. The van der Waals surface area contributed by atoms with Gasteiger partial charge in [-0.2, -0.15) is 0 Å². The first-order valence-electron chi connectivity index (χ1n) is 5.40. The maximum Gasteiger partial charge on any atom is 0.304 e. The minimum absolute atomic E-state index is 0.0588. The molecule has 17 heavy (non-hydrogen) atoms. The quantitative estimate of drug-likeness (QED) is 0.897. The molecule has 1 aromatic rings. The number of thioether (sulfide) groups is 1. The Kier molecular flexibility index (Phi) is 3.54. The van der Waals surface area contributed by atoms with Crippen LogP contribution in [0.3, 0.4) is 0 Å². The number of benzene rings is 1. The average Bonchev–Trinajstić information content (AvgIpc) is 2.24. The van der Waals surface area contributed by atoms with E-state index < -0.39 is 5.97 Å². The molecule has 1 N–H and O–H groups in total. The Morgan fingerprint density at radius 2 is 2.29 bits per heavy atom. The highest BCUT2D eigenvalue weighted by Crippen LogP contribution is 2.43. The second-order valence-corrected chi connectivity index (χ2v) is 5.94. The fourth-order valence-electron chi connectivity index (χ4n) is 1.99. The number of anilines is 1. The molecule has 0 aliphatic carbocycles. The van der Waals surface area contributed by atoms with Crippen molar-refractivity contribution in [1.29, 1.82) is 0 Å². The van der Waals surface area contributed by atoms with E-state index >= 15 is 0 Å². The van der Waals surface area contributed by atoms with Crippen molar-refractivity contribution in [2.45, 2.75) is 29.5 Å². The Bertz CT molecular complexity index is 452. The lowest BCUT2D eigenvalue weighted by atomic mass is 10.1. The first-order chi connectivity index (χ1) is 7.99. The molecule has 0 bridgehead atoms. The van der Waals surface area contributed by atoms with Gasteiger partial charge >= 0.3 is 5.97 Å². The predicted molar refractivity (Wildman–Crippen MR) is 71.2 cm³/mol. The van der Waals surface area contributed by atoms with Gasteiger partial charge in [0.25, 0.3) is 0 Å². The highest BCUT2D eigenvalue weighted by molar-refractivity contribution is 8.00. The molecule has 2 atom stereocenters. The van der Waals surface area contributed by atoms with E-state index in [1.807, 2.05) is 25.2 Å². The summed E-state index contributed by atoms with van der Waals surface area (Å²) in [7, 11) is 1.99. The van der Waals surface area contributed by atoms with Gasteiger partial charge in [-0.05, 0) is 25.1 Å². The van der Waals surface area contributed by atoms with E-state index in [0.717, 1.165) is 10.6 Å². The molecule has 0 saturated carbocycles. The molecule has 0 saturated heterocycles. The SMILES string of the molecule is CC1C(CC(=O)O)Sc2cc(Cl)ccc2N1C. The summed E-state index contributed by atoms with van der Waals surface area (Å²) in [6, 6.07) is 5.95. The number of carboxylic acids is 1. The minimum atomic E-state index is -0.756. The van der Waals surface area contributed by atoms with Crippen LogP contribution in [0.4, 0.5) is 5.69 Å². The minimum Gasteiger partial charge on any atom is -0.481 e. The summed E-state index contributed by atoms with van der Waals surface area (Å²) >= 11 is 7.57. The Morgan fingerprint density at radius 3 is 2.94 bits per heavy atom. The third kappa shape index (κ3) is 2.53. The average molecular weight is 272 g/mol. The summed E-state index contributed by atoms with van der Waals surface area (Å²) in [6.07, 6.45) is 0.169. The van der Waals surface area contributed by atoms with Crippen molar-refractivity contribution in [3.05, 3.63) is 23.2 Å². The van der Waals surface area contributed by atoms with Gasteiger partial charge in [-0.15, -0.1) is 11.8 Å². The van der Waals surface area contributed by atoms with Gasteiger partial charge in [-0.1, -0.05) is 11.6 Å². The zero-order valence-electron chi connectivity index (χ0n) is 9.68. The van der Waals surface area contributed by atoms with Crippen molar-refractivity contribution >= 4 is 35.0 Å². The summed E-state index contributed by atoms with van der Waals surface area (Å²) in [4.78, 5) is 14.0. The van der Waals surface area contributed by atoms with Crippen LogP contribution in [0.15, 0.2) is 23.1 Å². The van der Waals surface area contributed by atoms with Crippen molar-refractivity contribution in [2.24, 2.45) is 0 Å². The van der Waals surface area contributed by atoms with Gasteiger partial charge in [0.05, 0.1) is 12.1 Å². The van der Waals surface area contributed by atoms with Crippen molar-refractivity contribution in [2.75, 3.05) is 11.9 Å². The van der Waals surface area contributed by atoms with E-state index in [9.17, 15) is 4.79 Å². The van der Waals surface area contributed by atoms with Crippen LogP contribution in [-0.4, -0.2) is 29.4 Å². The Balaban J connectivity index is 2.32. The van der Waals surface area contributed by atoms with Crippen molar-refractivity contribution in [1.82, 2.24) is 0 Å². The van der Waals surface area contributed by atoms with Crippen LogP contribution in [0, 0.1) is 0 Å². The smallest absolute Gasteiger partial charge is 0.304 e. The fourth-order valence-corrected chi connectivity index (χ4v) is 3.68. The van der Waals surface area contributed by atoms with Crippen LogP contribution in [-0.2, 0) is 4.79 Å². The van der Waals surface area contributed by atoms with Gasteiger partial charge in [-0.25, -0.2) is 0 Å². The molecule has 2 rings (SSSR count). The number of rotatable bonds is 2. The Hall–Kier alpha value is -0.870. The third-order valence-corrected chi connectivity index (χ3v) is 4.78. The van der Waals surface area contributed by atoms with Crippen LogP contribution in [0.1, 0.15) is 13.3 Å². The molecule has 1 heterocycles. The first kappa shape index (κ1) is 12.6. The van der Waals surface area contributed by atoms with Gasteiger partial charge in [0.15, 0.2) is 0 Å². The number of hydrogen-bond acceptors (Lipinski definition) is 3. The molecule has 1 aliphatic rings. The van der Waals surface area contributed by atoms with Crippen LogP contribution in [0.25, 0.3) is 0 Å². The summed E-state index contributed by atoms with van der Waals surface area (Å²) < 4.78 is 0. The summed E-state index contributed by atoms with van der Waals surface area (Å²) in [5.74, 6) is -0.756. The highest BCUT2D eigenvalue weighted by Gasteiger charge is 2.31. The molecule has 92 valence electrons.